The molecule has 1 aromatic carbocycles. The average molecular weight is 330 g/mol. The second-order valence-corrected chi connectivity index (χ2v) is 7.20. The van der Waals surface area contributed by atoms with Crippen LogP contribution in [0.15, 0.2) is 18.2 Å². The standard InChI is InChI=1S/C15H17Cl2NO3/c1-9-4-10(2)6-11(5-9)18-12(19)7-21-13(20)14(3)8-15(14,16)17/h4-6H,7-8H2,1-3H3,(H,18,19)/t14-/m1/s1. The highest BCUT2D eigenvalue weighted by atomic mass is 35.5. The Morgan fingerprint density at radius 3 is 2.24 bits per heavy atom. The van der Waals surface area contributed by atoms with Crippen molar-refractivity contribution in [2.24, 2.45) is 5.41 Å². The van der Waals surface area contributed by atoms with E-state index in [1.807, 2.05) is 32.0 Å². The molecule has 1 aliphatic rings. The zero-order valence-electron chi connectivity index (χ0n) is 12.1. The molecular weight excluding hydrogens is 313 g/mol. The fourth-order valence-electron chi connectivity index (χ4n) is 2.16. The third-order valence-corrected chi connectivity index (χ3v) is 4.65. The molecule has 114 valence electrons. The number of halogens is 2. The lowest BCUT2D eigenvalue weighted by Gasteiger charge is -2.12. The van der Waals surface area contributed by atoms with Gasteiger partial charge >= 0.3 is 5.97 Å². The molecule has 4 nitrogen and oxygen atoms in total. The lowest BCUT2D eigenvalue weighted by molar-refractivity contribution is -0.152. The number of nitrogens with one attached hydrogen (secondary N) is 1. The van der Waals surface area contributed by atoms with Crippen molar-refractivity contribution in [3.8, 4) is 0 Å². The van der Waals surface area contributed by atoms with Crippen LogP contribution in [-0.4, -0.2) is 22.8 Å². The van der Waals surface area contributed by atoms with Crippen LogP contribution in [0.25, 0.3) is 0 Å². The number of rotatable bonds is 4. The molecule has 0 spiro atoms. The van der Waals surface area contributed by atoms with Gasteiger partial charge < -0.3 is 10.1 Å². The summed E-state index contributed by atoms with van der Waals surface area (Å²) < 4.78 is 3.89. The maximum absolute atomic E-state index is 11.8. The zero-order chi connectivity index (χ0) is 15.8. The highest BCUT2D eigenvalue weighted by molar-refractivity contribution is 6.53. The molecule has 0 bridgehead atoms. The maximum Gasteiger partial charge on any atom is 0.315 e. The molecule has 21 heavy (non-hydrogen) atoms. The smallest absolute Gasteiger partial charge is 0.315 e. The van der Waals surface area contributed by atoms with Crippen LogP contribution in [0.5, 0.6) is 0 Å². The summed E-state index contributed by atoms with van der Waals surface area (Å²) in [4.78, 5) is 23.6. The van der Waals surface area contributed by atoms with Crippen LogP contribution in [0.1, 0.15) is 24.5 Å². The first-order chi connectivity index (χ1) is 9.64. The topological polar surface area (TPSA) is 55.4 Å². The number of benzene rings is 1. The van der Waals surface area contributed by atoms with Gasteiger partial charge in [-0.3, -0.25) is 9.59 Å². The van der Waals surface area contributed by atoms with E-state index in [-0.39, 0.29) is 6.61 Å². The highest BCUT2D eigenvalue weighted by Gasteiger charge is 2.69. The van der Waals surface area contributed by atoms with Crippen LogP contribution in [0, 0.1) is 19.3 Å². The number of aryl methyl sites for hydroxylation is 2. The number of amides is 1. The summed E-state index contributed by atoms with van der Waals surface area (Å²) in [5.41, 5.74) is 1.84. The van der Waals surface area contributed by atoms with E-state index in [9.17, 15) is 9.59 Å². The third-order valence-electron chi connectivity index (χ3n) is 3.55. The molecule has 0 heterocycles. The van der Waals surface area contributed by atoms with Gasteiger partial charge in [-0.25, -0.2) is 0 Å². The van der Waals surface area contributed by atoms with Crippen molar-refractivity contribution in [1.29, 1.82) is 0 Å². The Labute approximate surface area is 133 Å². The van der Waals surface area contributed by atoms with Crippen LogP contribution in [0.4, 0.5) is 5.69 Å². The van der Waals surface area contributed by atoms with E-state index in [0.29, 0.717) is 12.1 Å². The van der Waals surface area contributed by atoms with Gasteiger partial charge in [-0.1, -0.05) is 6.07 Å². The summed E-state index contributed by atoms with van der Waals surface area (Å²) in [6, 6.07) is 5.69. The van der Waals surface area contributed by atoms with Crippen molar-refractivity contribution in [2.45, 2.75) is 31.5 Å². The summed E-state index contributed by atoms with van der Waals surface area (Å²) in [7, 11) is 0. The van der Waals surface area contributed by atoms with Crippen LogP contribution in [-0.2, 0) is 14.3 Å². The van der Waals surface area contributed by atoms with Gasteiger partial charge in [0, 0.05) is 12.1 Å². The summed E-state index contributed by atoms with van der Waals surface area (Å²) in [5, 5.41) is 2.69. The van der Waals surface area contributed by atoms with E-state index >= 15 is 0 Å². The first-order valence-corrected chi connectivity index (χ1v) is 7.33. The number of esters is 1. The quantitative estimate of drug-likeness (QED) is 0.680. The van der Waals surface area contributed by atoms with Gasteiger partial charge in [0.2, 0.25) is 0 Å². The summed E-state index contributed by atoms with van der Waals surface area (Å²) >= 11 is 11.8. The van der Waals surface area contributed by atoms with E-state index < -0.39 is 21.6 Å². The van der Waals surface area contributed by atoms with E-state index in [4.69, 9.17) is 27.9 Å². The van der Waals surface area contributed by atoms with Gasteiger partial charge in [-0.05, 0) is 44.0 Å². The largest absolute Gasteiger partial charge is 0.455 e. The number of ether oxygens (including phenoxy) is 1. The van der Waals surface area contributed by atoms with Crippen molar-refractivity contribution in [1.82, 2.24) is 0 Å². The molecule has 1 aliphatic carbocycles. The van der Waals surface area contributed by atoms with Crippen molar-refractivity contribution < 1.29 is 14.3 Å². The lowest BCUT2D eigenvalue weighted by atomic mass is 10.1. The molecule has 1 fully saturated rings. The predicted molar refractivity (Wildman–Crippen MR) is 82.7 cm³/mol. The molecule has 2 rings (SSSR count). The molecule has 1 atom stereocenters. The molecular formula is C15H17Cl2NO3. The number of alkyl halides is 2. The van der Waals surface area contributed by atoms with Crippen molar-refractivity contribution in [2.75, 3.05) is 11.9 Å². The van der Waals surface area contributed by atoms with Gasteiger partial charge in [-0.15, -0.1) is 23.2 Å². The Kier molecular flexibility index (Phi) is 4.22. The number of carbonyl (C=O) groups excluding carboxylic acids is 2. The SMILES string of the molecule is Cc1cc(C)cc(NC(=O)COC(=O)[C@@]2(C)CC2(Cl)Cl)c1. The van der Waals surface area contributed by atoms with Crippen LogP contribution < -0.4 is 5.32 Å². The third kappa shape index (κ3) is 3.50. The molecule has 0 aromatic heterocycles. The van der Waals surface area contributed by atoms with Gasteiger partial charge in [0.25, 0.3) is 5.91 Å². The van der Waals surface area contributed by atoms with Crippen molar-refractivity contribution in [3.05, 3.63) is 29.3 Å². The fourth-order valence-corrected chi connectivity index (χ4v) is 2.84. The molecule has 0 radical (unpaired) electrons. The molecule has 6 heteroatoms. The van der Waals surface area contributed by atoms with E-state index in [2.05, 4.69) is 5.32 Å². The van der Waals surface area contributed by atoms with E-state index in [1.54, 1.807) is 6.92 Å². The first-order valence-electron chi connectivity index (χ1n) is 6.57. The lowest BCUT2D eigenvalue weighted by Crippen LogP contribution is -2.26. The van der Waals surface area contributed by atoms with E-state index in [1.165, 1.54) is 0 Å². The first kappa shape index (κ1) is 16.1. The summed E-state index contributed by atoms with van der Waals surface area (Å²) in [5.74, 6) is -0.949. The molecule has 0 aliphatic heterocycles. The molecule has 1 amide bonds. The Morgan fingerprint density at radius 1 is 1.24 bits per heavy atom. The average Bonchev–Trinajstić information content (AvgIpc) is 2.85. The number of anilines is 1. The predicted octanol–water partition coefficient (Wildman–Crippen LogP) is 3.37. The zero-order valence-corrected chi connectivity index (χ0v) is 13.6. The minimum Gasteiger partial charge on any atom is -0.455 e. The van der Waals surface area contributed by atoms with Crippen LogP contribution in [0.3, 0.4) is 0 Å². The Bertz CT molecular complexity index is 580. The summed E-state index contributed by atoms with van der Waals surface area (Å²) in [6.07, 6.45) is 0.334. The molecule has 0 unspecified atom stereocenters. The van der Waals surface area contributed by atoms with E-state index in [0.717, 1.165) is 11.1 Å². The molecule has 0 saturated heterocycles. The van der Waals surface area contributed by atoms with Crippen molar-refractivity contribution in [3.63, 3.8) is 0 Å². The van der Waals surface area contributed by atoms with Crippen molar-refractivity contribution >= 4 is 40.8 Å². The Morgan fingerprint density at radius 2 is 1.76 bits per heavy atom. The number of hydrogen-bond acceptors (Lipinski definition) is 3. The van der Waals surface area contributed by atoms with Gasteiger partial charge in [0.15, 0.2) is 6.61 Å². The Hall–Kier alpha value is -1.26. The molecule has 1 N–H and O–H groups in total. The fraction of sp³-hybridized carbons (Fsp3) is 0.467. The number of hydrogen-bond donors (Lipinski definition) is 1. The normalized spacial score (nSPS) is 22.5. The van der Waals surface area contributed by atoms with Crippen LogP contribution >= 0.6 is 23.2 Å². The second kappa shape index (κ2) is 5.50. The Balaban J connectivity index is 1.87. The number of carbonyl (C=O) groups is 2. The highest BCUT2D eigenvalue weighted by Crippen LogP contribution is 2.64. The monoisotopic (exact) mass is 329 g/mol. The van der Waals surface area contributed by atoms with Gasteiger partial charge in [0.05, 0.1) is 0 Å². The molecule has 1 aromatic rings. The molecule has 1 saturated carbocycles. The second-order valence-electron chi connectivity index (χ2n) is 5.71. The van der Waals surface area contributed by atoms with Crippen LogP contribution in [0.2, 0.25) is 0 Å². The maximum atomic E-state index is 11.8. The van der Waals surface area contributed by atoms with Gasteiger partial charge in [-0.2, -0.15) is 0 Å². The minimum absolute atomic E-state index is 0.334. The summed E-state index contributed by atoms with van der Waals surface area (Å²) in [6.45, 7) is 5.15. The minimum atomic E-state index is -1.09. The van der Waals surface area contributed by atoms with Gasteiger partial charge in [0.1, 0.15) is 9.75 Å².